The van der Waals surface area contributed by atoms with E-state index in [1.54, 1.807) is 55.9 Å². The predicted molar refractivity (Wildman–Crippen MR) is 179 cm³/mol. The number of para-hydroxylation sites is 2. The molecule has 0 spiro atoms. The van der Waals surface area contributed by atoms with Crippen LogP contribution in [-0.4, -0.2) is 55.6 Å². The Morgan fingerprint density at radius 3 is 2.35 bits per heavy atom. The lowest BCUT2D eigenvalue weighted by Crippen LogP contribution is -2.19. The lowest BCUT2D eigenvalue weighted by Gasteiger charge is -2.17. The number of carbonyl (C=O) groups excluding carboxylic acids is 1. The Bertz CT molecular complexity index is 1800. The van der Waals surface area contributed by atoms with Crippen molar-refractivity contribution in [2.24, 2.45) is 0 Å². The molecule has 222 valence electrons. The summed E-state index contributed by atoms with van der Waals surface area (Å²) in [4.78, 5) is 34.3. The summed E-state index contributed by atoms with van der Waals surface area (Å²) >= 11 is 3.36. The van der Waals surface area contributed by atoms with E-state index in [0.29, 0.717) is 27.5 Å². The molecule has 2 N–H and O–H groups in total. The van der Waals surface area contributed by atoms with Gasteiger partial charge in [-0.3, -0.25) is 9.59 Å². The van der Waals surface area contributed by atoms with Gasteiger partial charge in [0.1, 0.15) is 0 Å². The molecule has 5 aromatic rings. The number of ether oxygens (including phenoxy) is 2. The third-order valence-corrected chi connectivity index (χ3v) is 9.14. The van der Waals surface area contributed by atoms with E-state index in [1.807, 2.05) is 60.9 Å². The number of nitrogens with one attached hydrogen (secondary N) is 2. The van der Waals surface area contributed by atoms with Crippen LogP contribution in [0.1, 0.15) is 22.3 Å². The molecule has 4 aromatic carbocycles. The highest BCUT2D eigenvalue weighted by molar-refractivity contribution is 7.99. The third kappa shape index (κ3) is 7.01. The van der Waals surface area contributed by atoms with Crippen LogP contribution in [-0.2, 0) is 6.54 Å². The van der Waals surface area contributed by atoms with Crippen molar-refractivity contribution in [2.45, 2.75) is 22.8 Å². The van der Waals surface area contributed by atoms with Gasteiger partial charge in [-0.2, -0.15) is 0 Å². The number of hydrogen-bond donors (Lipinski definition) is 2. The van der Waals surface area contributed by atoms with Crippen molar-refractivity contribution in [3.63, 3.8) is 0 Å². The molecule has 0 radical (unpaired) electrons. The standard InChI is InChI=1S/C34H35N3O4S2/c1-37(21-22-12-17-28(40-2)29(20-22)41-3)18-7-19-43-24-15-13-23(14-16-24)35-34(39)27-10-5-8-25-31(27)36-32-26(33(25)38)9-6-11-30(32)42-4/h5-6,8-17,20H,7,18-19,21H2,1-4H3,(H,35,39)(H,36,38). The molecule has 1 aromatic heterocycles. The molecule has 0 fully saturated rings. The number of rotatable bonds is 12. The van der Waals surface area contributed by atoms with Crippen molar-refractivity contribution in [2.75, 3.05) is 45.1 Å². The highest BCUT2D eigenvalue weighted by Crippen LogP contribution is 2.29. The first-order valence-electron chi connectivity index (χ1n) is 14.0. The number of thioether (sulfide) groups is 2. The van der Waals surface area contributed by atoms with Gasteiger partial charge in [0.05, 0.1) is 30.8 Å². The van der Waals surface area contributed by atoms with Gasteiger partial charge in [0, 0.05) is 32.8 Å². The minimum atomic E-state index is -0.264. The van der Waals surface area contributed by atoms with E-state index in [9.17, 15) is 9.59 Å². The van der Waals surface area contributed by atoms with Crippen LogP contribution < -0.4 is 20.2 Å². The van der Waals surface area contributed by atoms with Gasteiger partial charge in [-0.1, -0.05) is 18.2 Å². The van der Waals surface area contributed by atoms with Crippen LogP contribution in [0.2, 0.25) is 0 Å². The fourth-order valence-electron chi connectivity index (χ4n) is 5.08. The fraction of sp³-hybridized carbons (Fsp3) is 0.235. The molecule has 5 rings (SSSR count). The molecule has 7 nitrogen and oxygen atoms in total. The fourth-order valence-corrected chi connectivity index (χ4v) is 6.50. The van der Waals surface area contributed by atoms with E-state index in [4.69, 9.17) is 9.47 Å². The zero-order chi connectivity index (χ0) is 30.3. The number of fused-ring (bicyclic) bond motifs is 2. The van der Waals surface area contributed by atoms with E-state index in [2.05, 4.69) is 28.3 Å². The van der Waals surface area contributed by atoms with Gasteiger partial charge < -0.3 is 24.7 Å². The van der Waals surface area contributed by atoms with Gasteiger partial charge in [-0.15, -0.1) is 23.5 Å². The van der Waals surface area contributed by atoms with Crippen LogP contribution in [0.4, 0.5) is 5.69 Å². The molecule has 0 aliphatic carbocycles. The molecule has 0 saturated heterocycles. The molecular weight excluding hydrogens is 579 g/mol. The molecule has 0 atom stereocenters. The van der Waals surface area contributed by atoms with Crippen LogP contribution in [0, 0.1) is 0 Å². The van der Waals surface area contributed by atoms with E-state index in [1.165, 1.54) is 5.56 Å². The number of aromatic nitrogens is 1. The van der Waals surface area contributed by atoms with Gasteiger partial charge in [-0.05, 0) is 98.2 Å². The Labute approximate surface area is 260 Å². The second-order valence-corrected chi connectivity index (χ2v) is 12.2. The molecule has 0 bridgehead atoms. The average Bonchev–Trinajstić information content (AvgIpc) is 3.03. The Morgan fingerprint density at radius 1 is 0.907 bits per heavy atom. The minimum absolute atomic E-state index is 0.0807. The zero-order valence-corrected chi connectivity index (χ0v) is 26.4. The average molecular weight is 614 g/mol. The second-order valence-electron chi connectivity index (χ2n) is 10.2. The summed E-state index contributed by atoms with van der Waals surface area (Å²) in [7, 11) is 5.41. The first-order valence-corrected chi connectivity index (χ1v) is 16.2. The molecule has 9 heteroatoms. The number of nitrogens with zero attached hydrogens (tertiary/aromatic N) is 1. The van der Waals surface area contributed by atoms with E-state index >= 15 is 0 Å². The normalized spacial score (nSPS) is 11.3. The van der Waals surface area contributed by atoms with Gasteiger partial charge in [0.25, 0.3) is 5.91 Å². The first kappa shape index (κ1) is 30.5. The van der Waals surface area contributed by atoms with Gasteiger partial charge in [-0.25, -0.2) is 0 Å². The number of H-pyrrole nitrogens is 1. The highest BCUT2D eigenvalue weighted by Gasteiger charge is 2.16. The maximum atomic E-state index is 13.3. The van der Waals surface area contributed by atoms with Crippen molar-refractivity contribution in [1.82, 2.24) is 9.88 Å². The topological polar surface area (TPSA) is 83.7 Å². The smallest absolute Gasteiger partial charge is 0.257 e. The monoisotopic (exact) mass is 613 g/mol. The van der Waals surface area contributed by atoms with Crippen molar-refractivity contribution < 1.29 is 14.3 Å². The van der Waals surface area contributed by atoms with Gasteiger partial charge in [0.2, 0.25) is 0 Å². The summed E-state index contributed by atoms with van der Waals surface area (Å²) in [5, 5.41) is 4.11. The Morgan fingerprint density at radius 2 is 1.63 bits per heavy atom. The van der Waals surface area contributed by atoms with Crippen molar-refractivity contribution in [3.05, 3.63) is 100 Å². The molecule has 43 heavy (non-hydrogen) atoms. The molecular formula is C34H35N3O4S2. The van der Waals surface area contributed by atoms with Crippen molar-refractivity contribution >= 4 is 56.9 Å². The predicted octanol–water partition coefficient (Wildman–Crippen LogP) is 7.29. The number of hydrogen-bond acceptors (Lipinski definition) is 7. The Balaban J connectivity index is 1.17. The summed E-state index contributed by atoms with van der Waals surface area (Å²) in [5.41, 5.74) is 3.53. The highest BCUT2D eigenvalue weighted by atomic mass is 32.2. The summed E-state index contributed by atoms with van der Waals surface area (Å²) in [6.07, 6.45) is 3.01. The molecule has 1 amide bonds. The summed E-state index contributed by atoms with van der Waals surface area (Å²) in [5.74, 6) is 2.20. The van der Waals surface area contributed by atoms with Crippen LogP contribution >= 0.6 is 23.5 Å². The molecule has 0 aliphatic heterocycles. The number of anilines is 1. The van der Waals surface area contributed by atoms with Crippen LogP contribution in [0.5, 0.6) is 11.5 Å². The summed E-state index contributed by atoms with van der Waals surface area (Å²) in [6, 6.07) is 24.8. The second kappa shape index (κ2) is 14.0. The SMILES string of the molecule is COc1ccc(CN(C)CCCSc2ccc(NC(=O)c3cccc4c(=O)c5cccc(SC)c5[nH]c34)cc2)cc1OC. The number of amides is 1. The van der Waals surface area contributed by atoms with Crippen LogP contribution in [0.25, 0.3) is 21.8 Å². The van der Waals surface area contributed by atoms with E-state index in [-0.39, 0.29) is 11.3 Å². The molecule has 0 unspecified atom stereocenters. The number of carbonyl (C=O) groups is 1. The largest absolute Gasteiger partial charge is 0.493 e. The number of benzene rings is 4. The summed E-state index contributed by atoms with van der Waals surface area (Å²) in [6.45, 7) is 1.80. The first-order chi connectivity index (χ1) is 20.9. The summed E-state index contributed by atoms with van der Waals surface area (Å²) < 4.78 is 10.7. The number of methoxy groups -OCH3 is 2. The lowest BCUT2D eigenvalue weighted by atomic mass is 10.1. The maximum absolute atomic E-state index is 13.3. The molecule has 0 aliphatic rings. The van der Waals surface area contributed by atoms with E-state index < -0.39 is 0 Å². The quantitative estimate of drug-likeness (QED) is 0.0869. The minimum Gasteiger partial charge on any atom is -0.493 e. The molecule has 1 heterocycles. The van der Waals surface area contributed by atoms with Gasteiger partial charge >= 0.3 is 0 Å². The van der Waals surface area contributed by atoms with Crippen LogP contribution in [0.15, 0.2) is 93.4 Å². The van der Waals surface area contributed by atoms with Crippen molar-refractivity contribution in [1.29, 1.82) is 0 Å². The van der Waals surface area contributed by atoms with E-state index in [0.717, 1.165) is 52.1 Å². The molecule has 0 saturated carbocycles. The Kier molecular flexibility index (Phi) is 9.97. The van der Waals surface area contributed by atoms with Gasteiger partial charge in [0.15, 0.2) is 16.9 Å². The third-order valence-electron chi connectivity index (χ3n) is 7.26. The lowest BCUT2D eigenvalue weighted by molar-refractivity contribution is 0.102. The zero-order valence-electron chi connectivity index (χ0n) is 24.7. The van der Waals surface area contributed by atoms with Crippen LogP contribution in [0.3, 0.4) is 0 Å². The van der Waals surface area contributed by atoms with Crippen molar-refractivity contribution in [3.8, 4) is 11.5 Å². The Hall–Kier alpha value is -3.92. The number of aromatic amines is 1. The number of pyridine rings is 1. The maximum Gasteiger partial charge on any atom is 0.257 e.